The van der Waals surface area contributed by atoms with Gasteiger partial charge in [-0.05, 0) is 71.0 Å². The number of rotatable bonds is 3. The molecule has 5 heteroatoms. The minimum Gasteiger partial charge on any atom is -0.504 e. The van der Waals surface area contributed by atoms with Gasteiger partial charge in [-0.25, -0.2) is 0 Å². The standard InChI is InChI=1S/C18H27BO4/c1-17(2)18(3,4)23-19(22-17)13-10-11-15(20)16(12-13)21-14-8-6-5-7-9-14/h10-12,14,20H,5-9H2,1-4H3. The Morgan fingerprint density at radius 2 is 1.65 bits per heavy atom. The van der Waals surface area contributed by atoms with E-state index in [4.69, 9.17) is 14.0 Å². The Kier molecular flexibility index (Phi) is 4.36. The molecule has 1 saturated carbocycles. The molecule has 1 aliphatic carbocycles. The van der Waals surface area contributed by atoms with E-state index in [1.807, 2.05) is 39.8 Å². The second kappa shape index (κ2) is 6.02. The summed E-state index contributed by atoms with van der Waals surface area (Å²) < 4.78 is 18.2. The lowest BCUT2D eigenvalue weighted by Crippen LogP contribution is -2.41. The molecule has 1 aliphatic heterocycles. The van der Waals surface area contributed by atoms with Crippen LogP contribution in [0.3, 0.4) is 0 Å². The highest BCUT2D eigenvalue weighted by molar-refractivity contribution is 6.62. The molecule has 4 nitrogen and oxygen atoms in total. The lowest BCUT2D eigenvalue weighted by molar-refractivity contribution is 0.00578. The molecular weight excluding hydrogens is 291 g/mol. The van der Waals surface area contributed by atoms with E-state index in [1.165, 1.54) is 19.3 Å². The zero-order valence-electron chi connectivity index (χ0n) is 14.6. The highest BCUT2D eigenvalue weighted by atomic mass is 16.7. The van der Waals surface area contributed by atoms with E-state index in [0.717, 1.165) is 18.3 Å². The van der Waals surface area contributed by atoms with Crippen LogP contribution >= 0.6 is 0 Å². The van der Waals surface area contributed by atoms with Crippen LogP contribution in [0.25, 0.3) is 0 Å². The van der Waals surface area contributed by atoms with Gasteiger partial charge in [-0.1, -0.05) is 12.5 Å². The van der Waals surface area contributed by atoms with Gasteiger partial charge in [-0.3, -0.25) is 0 Å². The summed E-state index contributed by atoms with van der Waals surface area (Å²) in [6.45, 7) is 8.14. The molecule has 0 aromatic heterocycles. The zero-order chi connectivity index (χ0) is 16.7. The molecule has 0 unspecified atom stereocenters. The number of hydrogen-bond donors (Lipinski definition) is 1. The predicted octanol–water partition coefficient (Wildman–Crippen LogP) is 3.40. The molecule has 3 rings (SSSR count). The molecule has 1 saturated heterocycles. The fourth-order valence-corrected chi connectivity index (χ4v) is 3.11. The predicted molar refractivity (Wildman–Crippen MR) is 91.3 cm³/mol. The first kappa shape index (κ1) is 16.7. The summed E-state index contributed by atoms with van der Waals surface area (Å²) in [5, 5.41) is 10.1. The fraction of sp³-hybridized carbons (Fsp3) is 0.667. The van der Waals surface area contributed by atoms with Gasteiger partial charge in [0.15, 0.2) is 11.5 Å². The Balaban J connectivity index is 1.78. The van der Waals surface area contributed by atoms with Crippen molar-refractivity contribution >= 4 is 12.6 Å². The summed E-state index contributed by atoms with van der Waals surface area (Å²) in [6, 6.07) is 5.36. The minimum atomic E-state index is -0.436. The third-order valence-electron chi connectivity index (χ3n) is 5.36. The van der Waals surface area contributed by atoms with Gasteiger partial charge < -0.3 is 19.2 Å². The number of hydrogen-bond acceptors (Lipinski definition) is 4. The Bertz CT molecular complexity index is 548. The molecule has 0 radical (unpaired) electrons. The van der Waals surface area contributed by atoms with Crippen LogP contribution in [-0.4, -0.2) is 29.5 Å². The largest absolute Gasteiger partial charge is 0.504 e. The summed E-state index contributed by atoms with van der Waals surface area (Å²) in [7, 11) is -0.436. The van der Waals surface area contributed by atoms with Gasteiger partial charge in [-0.2, -0.15) is 0 Å². The van der Waals surface area contributed by atoms with Crippen molar-refractivity contribution in [2.75, 3.05) is 0 Å². The SMILES string of the molecule is CC1(C)OB(c2ccc(O)c(OC3CCCCC3)c2)OC1(C)C. The molecule has 126 valence electrons. The van der Waals surface area contributed by atoms with Crippen molar-refractivity contribution in [2.45, 2.75) is 77.1 Å². The molecule has 0 atom stereocenters. The van der Waals surface area contributed by atoms with Crippen LogP contribution < -0.4 is 10.2 Å². The molecule has 1 heterocycles. The smallest absolute Gasteiger partial charge is 0.494 e. The van der Waals surface area contributed by atoms with Crippen molar-refractivity contribution in [2.24, 2.45) is 0 Å². The fourth-order valence-electron chi connectivity index (χ4n) is 3.11. The first-order chi connectivity index (χ1) is 10.8. The number of phenols is 1. The van der Waals surface area contributed by atoms with Gasteiger partial charge in [0.25, 0.3) is 0 Å². The third kappa shape index (κ3) is 3.36. The first-order valence-electron chi connectivity index (χ1n) is 8.64. The van der Waals surface area contributed by atoms with Crippen LogP contribution in [0.4, 0.5) is 0 Å². The first-order valence-corrected chi connectivity index (χ1v) is 8.64. The van der Waals surface area contributed by atoms with Gasteiger partial charge in [0.1, 0.15) is 0 Å². The number of phenolic OH excluding ortho intramolecular Hbond substituents is 1. The van der Waals surface area contributed by atoms with E-state index in [-0.39, 0.29) is 23.1 Å². The normalized spacial score (nSPS) is 23.9. The maximum absolute atomic E-state index is 10.1. The van der Waals surface area contributed by atoms with E-state index >= 15 is 0 Å². The van der Waals surface area contributed by atoms with Crippen molar-refractivity contribution < 1.29 is 19.2 Å². The molecule has 2 fully saturated rings. The zero-order valence-corrected chi connectivity index (χ0v) is 14.6. The van der Waals surface area contributed by atoms with E-state index in [9.17, 15) is 5.11 Å². The molecular formula is C18H27BO4. The average molecular weight is 318 g/mol. The highest BCUT2D eigenvalue weighted by Crippen LogP contribution is 2.37. The summed E-state index contributed by atoms with van der Waals surface area (Å²) in [5.41, 5.74) is 0.132. The molecule has 23 heavy (non-hydrogen) atoms. The second-order valence-electron chi connectivity index (χ2n) is 7.69. The lowest BCUT2D eigenvalue weighted by Gasteiger charge is -2.32. The highest BCUT2D eigenvalue weighted by Gasteiger charge is 2.51. The lowest BCUT2D eigenvalue weighted by atomic mass is 9.79. The van der Waals surface area contributed by atoms with Crippen LogP contribution in [-0.2, 0) is 9.31 Å². The maximum Gasteiger partial charge on any atom is 0.494 e. The Morgan fingerprint density at radius 1 is 1.04 bits per heavy atom. The minimum absolute atomic E-state index is 0.177. The van der Waals surface area contributed by atoms with E-state index in [0.29, 0.717) is 5.75 Å². The molecule has 1 aromatic rings. The van der Waals surface area contributed by atoms with Crippen molar-refractivity contribution in [3.63, 3.8) is 0 Å². The van der Waals surface area contributed by atoms with Crippen molar-refractivity contribution in [3.8, 4) is 11.5 Å². The molecule has 0 amide bonds. The Labute approximate surface area is 139 Å². The van der Waals surface area contributed by atoms with Crippen LogP contribution in [0.1, 0.15) is 59.8 Å². The van der Waals surface area contributed by atoms with Crippen molar-refractivity contribution in [1.82, 2.24) is 0 Å². The van der Waals surface area contributed by atoms with Crippen LogP contribution in [0.5, 0.6) is 11.5 Å². The number of ether oxygens (including phenoxy) is 1. The maximum atomic E-state index is 10.1. The van der Waals surface area contributed by atoms with Gasteiger partial charge in [0, 0.05) is 0 Å². The van der Waals surface area contributed by atoms with Crippen LogP contribution in [0, 0.1) is 0 Å². The van der Waals surface area contributed by atoms with E-state index < -0.39 is 7.12 Å². The molecule has 0 bridgehead atoms. The summed E-state index contributed by atoms with van der Waals surface area (Å²) >= 11 is 0. The molecule has 2 aliphatic rings. The monoisotopic (exact) mass is 318 g/mol. The van der Waals surface area contributed by atoms with Gasteiger partial charge in [-0.15, -0.1) is 0 Å². The topological polar surface area (TPSA) is 47.9 Å². The summed E-state index contributed by atoms with van der Waals surface area (Å²) in [6.07, 6.45) is 5.98. The molecule has 1 N–H and O–H groups in total. The van der Waals surface area contributed by atoms with E-state index in [1.54, 1.807) is 6.07 Å². The van der Waals surface area contributed by atoms with Gasteiger partial charge in [0.2, 0.25) is 0 Å². The van der Waals surface area contributed by atoms with Gasteiger partial charge >= 0.3 is 7.12 Å². The van der Waals surface area contributed by atoms with Crippen LogP contribution in [0.15, 0.2) is 18.2 Å². The quantitative estimate of drug-likeness (QED) is 0.868. The summed E-state index contributed by atoms with van der Waals surface area (Å²) in [4.78, 5) is 0. The number of aromatic hydroxyl groups is 1. The Morgan fingerprint density at radius 3 is 2.26 bits per heavy atom. The third-order valence-corrected chi connectivity index (χ3v) is 5.36. The molecule has 0 spiro atoms. The van der Waals surface area contributed by atoms with Crippen molar-refractivity contribution in [3.05, 3.63) is 18.2 Å². The van der Waals surface area contributed by atoms with Crippen molar-refractivity contribution in [1.29, 1.82) is 0 Å². The Hall–Kier alpha value is -1.20. The van der Waals surface area contributed by atoms with Crippen LogP contribution in [0.2, 0.25) is 0 Å². The number of benzene rings is 1. The second-order valence-corrected chi connectivity index (χ2v) is 7.69. The average Bonchev–Trinajstić information content (AvgIpc) is 2.71. The van der Waals surface area contributed by atoms with E-state index in [2.05, 4.69) is 0 Å². The summed E-state index contributed by atoms with van der Waals surface area (Å²) in [5.74, 6) is 0.708. The van der Waals surface area contributed by atoms with Gasteiger partial charge in [0.05, 0.1) is 17.3 Å². The molecule has 1 aromatic carbocycles.